The van der Waals surface area contributed by atoms with Crippen LogP contribution in [0.5, 0.6) is 11.5 Å². The highest BCUT2D eigenvalue weighted by Crippen LogP contribution is 2.54. The maximum absolute atomic E-state index is 12.6. The molecule has 2 aromatic carbocycles. The Balaban J connectivity index is 1.22. The first-order valence-electron chi connectivity index (χ1n) is 13.0. The summed E-state index contributed by atoms with van der Waals surface area (Å²) in [5.41, 5.74) is 8.34. The summed E-state index contributed by atoms with van der Waals surface area (Å²) >= 11 is 0. The highest BCUT2D eigenvalue weighted by Gasteiger charge is 2.51. The fourth-order valence-electron chi connectivity index (χ4n) is 5.62. The van der Waals surface area contributed by atoms with Crippen molar-refractivity contribution in [2.45, 2.75) is 51.7 Å². The van der Waals surface area contributed by atoms with Gasteiger partial charge in [0.1, 0.15) is 34.9 Å². The fraction of sp³-hybridized carbons (Fsp3) is 0.379. The van der Waals surface area contributed by atoms with Crippen LogP contribution >= 0.6 is 0 Å². The van der Waals surface area contributed by atoms with Gasteiger partial charge in [0.25, 0.3) is 0 Å². The largest absolute Gasteiger partial charge is 0.457 e. The van der Waals surface area contributed by atoms with Gasteiger partial charge >= 0.3 is 6.09 Å². The number of nitrogen functional groups attached to an aromatic ring is 1. The lowest BCUT2D eigenvalue weighted by Crippen LogP contribution is -2.43. The summed E-state index contributed by atoms with van der Waals surface area (Å²) in [5, 5.41) is 5.76. The Labute approximate surface area is 221 Å². The normalized spacial score (nSPS) is 21.0. The summed E-state index contributed by atoms with van der Waals surface area (Å²) in [5.74, 6) is 1.93. The van der Waals surface area contributed by atoms with Crippen LogP contribution in [0, 0.1) is 5.41 Å². The van der Waals surface area contributed by atoms with Crippen molar-refractivity contribution in [1.29, 1.82) is 0 Å². The van der Waals surface area contributed by atoms with E-state index in [0.717, 1.165) is 59.6 Å². The predicted octanol–water partition coefficient (Wildman–Crippen LogP) is 5.83. The molecule has 0 unspecified atom stereocenters. The minimum Gasteiger partial charge on any atom is -0.457 e. The highest BCUT2D eigenvalue weighted by molar-refractivity contribution is 5.98. The van der Waals surface area contributed by atoms with Crippen LogP contribution in [-0.4, -0.2) is 49.4 Å². The number of para-hydroxylation sites is 1. The van der Waals surface area contributed by atoms with Crippen LogP contribution in [0.25, 0.3) is 22.3 Å². The molecule has 196 valence electrons. The van der Waals surface area contributed by atoms with Crippen molar-refractivity contribution in [2.75, 3.05) is 18.8 Å². The van der Waals surface area contributed by atoms with E-state index in [0.29, 0.717) is 12.4 Å². The van der Waals surface area contributed by atoms with Gasteiger partial charge in [-0.25, -0.2) is 19.4 Å². The zero-order chi connectivity index (χ0) is 26.5. The average molecular weight is 513 g/mol. The number of hydrogen-bond donors (Lipinski definition) is 1. The number of aromatic nitrogens is 4. The van der Waals surface area contributed by atoms with Crippen molar-refractivity contribution in [3.63, 3.8) is 0 Å². The maximum atomic E-state index is 12.6. The Bertz CT molecular complexity index is 1470. The van der Waals surface area contributed by atoms with Crippen molar-refractivity contribution in [3.05, 3.63) is 60.9 Å². The van der Waals surface area contributed by atoms with E-state index >= 15 is 0 Å². The third-order valence-corrected chi connectivity index (χ3v) is 7.40. The molecule has 3 heterocycles. The molecule has 9 nitrogen and oxygen atoms in total. The molecule has 6 rings (SSSR count). The summed E-state index contributed by atoms with van der Waals surface area (Å²) in [6, 6.07) is 17.7. The summed E-state index contributed by atoms with van der Waals surface area (Å²) < 4.78 is 13.5. The predicted molar refractivity (Wildman–Crippen MR) is 145 cm³/mol. The summed E-state index contributed by atoms with van der Waals surface area (Å²) in [7, 11) is 0. The number of nitrogens with two attached hydrogens (primary N) is 1. The molecule has 2 fully saturated rings. The molecule has 38 heavy (non-hydrogen) atoms. The Morgan fingerprint density at radius 1 is 1.03 bits per heavy atom. The number of carbonyl (C=O) groups is 1. The minimum atomic E-state index is -0.495. The summed E-state index contributed by atoms with van der Waals surface area (Å²) in [6.07, 6.45) is 4.08. The Hall–Kier alpha value is -4.14. The van der Waals surface area contributed by atoms with E-state index in [9.17, 15) is 4.79 Å². The van der Waals surface area contributed by atoms with Gasteiger partial charge in [0, 0.05) is 18.7 Å². The molecule has 0 bridgehead atoms. The van der Waals surface area contributed by atoms with Gasteiger partial charge in [-0.2, -0.15) is 5.10 Å². The van der Waals surface area contributed by atoms with E-state index < -0.39 is 5.60 Å². The molecule has 2 aliphatic rings. The number of rotatable bonds is 4. The van der Waals surface area contributed by atoms with E-state index in [-0.39, 0.29) is 17.6 Å². The minimum absolute atomic E-state index is 0.0923. The van der Waals surface area contributed by atoms with Crippen LogP contribution in [-0.2, 0) is 4.74 Å². The fourth-order valence-corrected chi connectivity index (χ4v) is 5.62. The third kappa shape index (κ3) is 4.53. The standard InChI is InChI=1S/C29H32N6O3/c1-28(2,3)38-27(36)34-14-13-29(17-34)15-20(16-29)35-26-23(25(30)31-18-32-26)24(33-35)19-9-11-22(12-10-19)37-21-7-5-4-6-8-21/h4-12,18,20H,13-17H2,1-3H3,(H2,30,31,32). The molecular weight excluding hydrogens is 480 g/mol. The van der Waals surface area contributed by atoms with Crippen LogP contribution < -0.4 is 10.5 Å². The van der Waals surface area contributed by atoms with E-state index in [1.807, 2.05) is 85.0 Å². The Morgan fingerprint density at radius 3 is 2.45 bits per heavy atom. The van der Waals surface area contributed by atoms with Gasteiger partial charge in [-0.1, -0.05) is 18.2 Å². The van der Waals surface area contributed by atoms with Gasteiger partial charge in [0.05, 0.1) is 11.4 Å². The maximum Gasteiger partial charge on any atom is 0.410 e. The smallest absolute Gasteiger partial charge is 0.410 e. The van der Waals surface area contributed by atoms with Gasteiger partial charge in [-0.3, -0.25) is 0 Å². The zero-order valence-corrected chi connectivity index (χ0v) is 21.9. The van der Waals surface area contributed by atoms with Gasteiger partial charge in [-0.05, 0) is 81.8 Å². The van der Waals surface area contributed by atoms with Crippen molar-refractivity contribution in [1.82, 2.24) is 24.6 Å². The van der Waals surface area contributed by atoms with Crippen molar-refractivity contribution in [2.24, 2.45) is 5.41 Å². The molecule has 1 aliphatic heterocycles. The van der Waals surface area contributed by atoms with Crippen LogP contribution in [0.1, 0.15) is 46.1 Å². The van der Waals surface area contributed by atoms with E-state index in [1.165, 1.54) is 6.33 Å². The van der Waals surface area contributed by atoms with Gasteiger partial charge in [0.15, 0.2) is 5.65 Å². The number of anilines is 1. The molecule has 1 saturated heterocycles. The lowest BCUT2D eigenvalue weighted by atomic mass is 9.65. The number of ether oxygens (including phenoxy) is 2. The van der Waals surface area contributed by atoms with Gasteiger partial charge in [-0.15, -0.1) is 0 Å². The van der Waals surface area contributed by atoms with Crippen LogP contribution in [0.4, 0.5) is 10.6 Å². The molecule has 1 aliphatic carbocycles. The second-order valence-electron chi connectivity index (χ2n) is 11.4. The average Bonchev–Trinajstić information content (AvgIpc) is 3.47. The molecule has 1 saturated carbocycles. The lowest BCUT2D eigenvalue weighted by Gasteiger charge is -2.45. The Kier molecular flexibility index (Phi) is 5.74. The molecule has 1 amide bonds. The first-order chi connectivity index (χ1) is 18.2. The van der Waals surface area contributed by atoms with E-state index in [4.69, 9.17) is 20.3 Å². The second-order valence-corrected chi connectivity index (χ2v) is 11.4. The highest BCUT2D eigenvalue weighted by atomic mass is 16.6. The quantitative estimate of drug-likeness (QED) is 0.366. The number of fused-ring (bicyclic) bond motifs is 1. The SMILES string of the molecule is CC(C)(C)OC(=O)N1CCC2(CC(n3nc(-c4ccc(Oc5ccccc5)cc4)c4c(N)ncnc43)C2)C1. The lowest BCUT2D eigenvalue weighted by molar-refractivity contribution is 0.0189. The molecule has 2 aromatic heterocycles. The Morgan fingerprint density at radius 2 is 1.74 bits per heavy atom. The first-order valence-corrected chi connectivity index (χ1v) is 13.0. The van der Waals surface area contributed by atoms with Gasteiger partial charge < -0.3 is 20.1 Å². The number of nitrogens with zero attached hydrogens (tertiary/aromatic N) is 5. The van der Waals surface area contributed by atoms with E-state index in [1.54, 1.807) is 0 Å². The number of benzene rings is 2. The van der Waals surface area contributed by atoms with Crippen LogP contribution in [0.3, 0.4) is 0 Å². The molecule has 2 N–H and O–H groups in total. The molecule has 1 spiro atoms. The van der Waals surface area contributed by atoms with Crippen LogP contribution in [0.2, 0.25) is 0 Å². The van der Waals surface area contributed by atoms with Crippen LogP contribution in [0.15, 0.2) is 60.9 Å². The summed E-state index contributed by atoms with van der Waals surface area (Å²) in [4.78, 5) is 23.2. The van der Waals surface area contributed by atoms with Crippen molar-refractivity contribution < 1.29 is 14.3 Å². The summed E-state index contributed by atoms with van der Waals surface area (Å²) in [6.45, 7) is 7.12. The first kappa shape index (κ1) is 24.2. The molecule has 4 aromatic rings. The van der Waals surface area contributed by atoms with Gasteiger partial charge in [0.2, 0.25) is 0 Å². The topological polar surface area (TPSA) is 108 Å². The molecule has 9 heteroatoms. The number of hydrogen-bond acceptors (Lipinski definition) is 7. The molecule has 0 atom stereocenters. The van der Waals surface area contributed by atoms with E-state index in [2.05, 4.69) is 9.97 Å². The molecular formula is C29H32N6O3. The molecule has 0 radical (unpaired) electrons. The zero-order valence-electron chi connectivity index (χ0n) is 21.9. The number of amides is 1. The second kappa shape index (κ2) is 9.01. The number of likely N-dealkylation sites (tertiary alicyclic amines) is 1. The monoisotopic (exact) mass is 512 g/mol. The van der Waals surface area contributed by atoms with Crippen molar-refractivity contribution >= 4 is 22.9 Å². The third-order valence-electron chi connectivity index (χ3n) is 7.40. The van der Waals surface area contributed by atoms with Crippen molar-refractivity contribution in [3.8, 4) is 22.8 Å². The number of carbonyl (C=O) groups excluding carboxylic acids is 1.